The zero-order valence-corrected chi connectivity index (χ0v) is 14.9. The third kappa shape index (κ3) is 3.55. The lowest BCUT2D eigenvalue weighted by atomic mass is 9.96. The second kappa shape index (κ2) is 7.23. The fraction of sp³-hybridized carbons (Fsp3) is 0.471. The first kappa shape index (κ1) is 16.2. The summed E-state index contributed by atoms with van der Waals surface area (Å²) in [5, 5.41) is 8.13. The van der Waals surface area contributed by atoms with Gasteiger partial charge in [-0.3, -0.25) is 4.68 Å². The van der Waals surface area contributed by atoms with E-state index in [1.54, 1.807) is 0 Å². The number of nitrogens with one attached hydrogen (secondary N) is 1. The monoisotopic (exact) mass is 349 g/mol. The molecule has 1 aromatic carbocycles. The van der Waals surface area contributed by atoms with Gasteiger partial charge in [-0.05, 0) is 53.9 Å². The Labute approximate surface area is 135 Å². The first-order valence-electron chi connectivity index (χ1n) is 7.60. The van der Waals surface area contributed by atoms with Crippen molar-refractivity contribution >= 4 is 15.9 Å². The average molecular weight is 350 g/mol. The van der Waals surface area contributed by atoms with Crippen molar-refractivity contribution in [1.82, 2.24) is 15.1 Å². The number of hydrogen-bond acceptors (Lipinski definition) is 2. The van der Waals surface area contributed by atoms with Crippen LogP contribution in [0.2, 0.25) is 0 Å². The van der Waals surface area contributed by atoms with Gasteiger partial charge in [-0.2, -0.15) is 5.10 Å². The second-order valence-corrected chi connectivity index (χ2v) is 6.31. The molecule has 4 heteroatoms. The largest absolute Gasteiger partial charge is 0.305 e. The minimum absolute atomic E-state index is 0.165. The molecule has 0 saturated carbocycles. The SMILES string of the molecule is CCCn1ncc(Br)c1C(NCC)c1cc(C)ccc1C. The molecular weight excluding hydrogens is 326 g/mol. The number of hydrogen-bond donors (Lipinski definition) is 1. The Kier molecular flexibility index (Phi) is 5.59. The van der Waals surface area contributed by atoms with E-state index in [4.69, 9.17) is 0 Å². The standard InChI is InChI=1S/C17H24BrN3/c1-5-9-21-17(15(18)11-20-21)16(19-6-2)14-10-12(3)7-8-13(14)4/h7-8,10-11,16,19H,5-6,9H2,1-4H3. The van der Waals surface area contributed by atoms with Crippen molar-refractivity contribution in [2.45, 2.75) is 46.7 Å². The first-order chi connectivity index (χ1) is 10.1. The van der Waals surface area contributed by atoms with Gasteiger partial charge in [0.1, 0.15) is 0 Å². The molecule has 1 atom stereocenters. The molecule has 1 N–H and O–H groups in total. The van der Waals surface area contributed by atoms with Gasteiger partial charge in [0.05, 0.1) is 22.4 Å². The molecule has 0 aliphatic heterocycles. The molecule has 0 fully saturated rings. The molecule has 0 amide bonds. The van der Waals surface area contributed by atoms with Crippen LogP contribution in [0.3, 0.4) is 0 Å². The number of nitrogens with zero attached hydrogens (tertiary/aromatic N) is 2. The predicted octanol–water partition coefficient (Wildman–Crippen LogP) is 4.37. The van der Waals surface area contributed by atoms with E-state index in [-0.39, 0.29) is 6.04 Å². The van der Waals surface area contributed by atoms with Crippen molar-refractivity contribution < 1.29 is 0 Å². The third-order valence-electron chi connectivity index (χ3n) is 3.70. The van der Waals surface area contributed by atoms with Gasteiger partial charge in [-0.15, -0.1) is 0 Å². The van der Waals surface area contributed by atoms with Crippen LogP contribution in [0.5, 0.6) is 0 Å². The lowest BCUT2D eigenvalue weighted by Crippen LogP contribution is -2.26. The number of halogens is 1. The zero-order chi connectivity index (χ0) is 15.4. The second-order valence-electron chi connectivity index (χ2n) is 5.45. The molecule has 2 aromatic rings. The van der Waals surface area contributed by atoms with Crippen LogP contribution in [-0.2, 0) is 6.54 Å². The smallest absolute Gasteiger partial charge is 0.0762 e. The maximum Gasteiger partial charge on any atom is 0.0762 e. The van der Waals surface area contributed by atoms with Crippen LogP contribution in [0.25, 0.3) is 0 Å². The lowest BCUT2D eigenvalue weighted by Gasteiger charge is -2.23. The van der Waals surface area contributed by atoms with Gasteiger partial charge in [0.2, 0.25) is 0 Å². The molecule has 0 aliphatic rings. The van der Waals surface area contributed by atoms with E-state index < -0.39 is 0 Å². The molecule has 2 rings (SSSR count). The molecular formula is C17H24BrN3. The van der Waals surface area contributed by atoms with E-state index in [9.17, 15) is 0 Å². The Morgan fingerprint density at radius 2 is 2.05 bits per heavy atom. The fourth-order valence-corrected chi connectivity index (χ4v) is 3.20. The third-order valence-corrected chi connectivity index (χ3v) is 4.31. The summed E-state index contributed by atoms with van der Waals surface area (Å²) in [6.07, 6.45) is 2.98. The van der Waals surface area contributed by atoms with Crippen molar-refractivity contribution in [1.29, 1.82) is 0 Å². The van der Waals surface area contributed by atoms with E-state index in [0.29, 0.717) is 0 Å². The minimum atomic E-state index is 0.165. The van der Waals surface area contributed by atoms with Crippen LogP contribution in [0.4, 0.5) is 0 Å². The molecule has 21 heavy (non-hydrogen) atoms. The van der Waals surface area contributed by atoms with Gasteiger partial charge >= 0.3 is 0 Å². The molecule has 0 saturated heterocycles. The molecule has 1 aromatic heterocycles. The lowest BCUT2D eigenvalue weighted by molar-refractivity contribution is 0.518. The highest BCUT2D eigenvalue weighted by atomic mass is 79.9. The maximum absolute atomic E-state index is 4.52. The van der Waals surface area contributed by atoms with Gasteiger partial charge in [0.15, 0.2) is 0 Å². The average Bonchev–Trinajstić information content (AvgIpc) is 2.81. The molecule has 1 heterocycles. The van der Waals surface area contributed by atoms with Gasteiger partial charge in [-0.1, -0.05) is 37.6 Å². The van der Waals surface area contributed by atoms with Crippen molar-refractivity contribution in [3.63, 3.8) is 0 Å². The highest BCUT2D eigenvalue weighted by molar-refractivity contribution is 9.10. The van der Waals surface area contributed by atoms with Crippen LogP contribution in [-0.4, -0.2) is 16.3 Å². The Balaban J connectivity index is 2.53. The van der Waals surface area contributed by atoms with Crippen LogP contribution in [0, 0.1) is 13.8 Å². The van der Waals surface area contributed by atoms with Crippen molar-refractivity contribution in [2.24, 2.45) is 0 Å². The molecule has 0 radical (unpaired) electrons. The summed E-state index contributed by atoms with van der Waals surface area (Å²) in [5.74, 6) is 0. The summed E-state index contributed by atoms with van der Waals surface area (Å²) in [4.78, 5) is 0. The molecule has 1 unspecified atom stereocenters. The number of aromatic nitrogens is 2. The van der Waals surface area contributed by atoms with E-state index in [0.717, 1.165) is 24.0 Å². The zero-order valence-electron chi connectivity index (χ0n) is 13.3. The van der Waals surface area contributed by atoms with Gasteiger partial charge in [-0.25, -0.2) is 0 Å². The Morgan fingerprint density at radius 1 is 1.29 bits per heavy atom. The van der Waals surface area contributed by atoms with Crippen molar-refractivity contribution in [2.75, 3.05) is 6.54 Å². The van der Waals surface area contributed by atoms with E-state index in [1.807, 2.05) is 6.20 Å². The minimum Gasteiger partial charge on any atom is -0.305 e. The summed E-state index contributed by atoms with van der Waals surface area (Å²) >= 11 is 3.67. The quantitative estimate of drug-likeness (QED) is 0.838. The predicted molar refractivity (Wildman–Crippen MR) is 91.7 cm³/mol. The number of aryl methyl sites for hydroxylation is 3. The van der Waals surface area contributed by atoms with Crippen LogP contribution in [0.1, 0.15) is 48.7 Å². The molecule has 0 spiro atoms. The normalized spacial score (nSPS) is 12.6. The highest BCUT2D eigenvalue weighted by Gasteiger charge is 2.22. The van der Waals surface area contributed by atoms with Crippen LogP contribution in [0.15, 0.2) is 28.9 Å². The molecule has 0 bridgehead atoms. The summed E-state index contributed by atoms with van der Waals surface area (Å²) in [7, 11) is 0. The molecule has 0 aliphatic carbocycles. The topological polar surface area (TPSA) is 29.9 Å². The summed E-state index contributed by atoms with van der Waals surface area (Å²) in [5.41, 5.74) is 5.14. The van der Waals surface area contributed by atoms with E-state index in [2.05, 4.69) is 76.9 Å². The Hall–Kier alpha value is -1.13. The number of benzene rings is 1. The first-order valence-corrected chi connectivity index (χ1v) is 8.39. The molecule has 114 valence electrons. The Bertz CT molecular complexity index is 604. The highest BCUT2D eigenvalue weighted by Crippen LogP contribution is 2.31. The Morgan fingerprint density at radius 3 is 2.71 bits per heavy atom. The van der Waals surface area contributed by atoms with Crippen LogP contribution >= 0.6 is 15.9 Å². The van der Waals surface area contributed by atoms with Gasteiger partial charge < -0.3 is 5.32 Å². The molecule has 3 nitrogen and oxygen atoms in total. The maximum atomic E-state index is 4.52. The van der Waals surface area contributed by atoms with E-state index >= 15 is 0 Å². The van der Waals surface area contributed by atoms with Crippen molar-refractivity contribution in [3.05, 3.63) is 51.3 Å². The van der Waals surface area contributed by atoms with Gasteiger partial charge in [0.25, 0.3) is 0 Å². The van der Waals surface area contributed by atoms with Gasteiger partial charge in [0, 0.05) is 6.54 Å². The van der Waals surface area contributed by atoms with E-state index in [1.165, 1.54) is 22.4 Å². The number of rotatable bonds is 6. The fourth-order valence-electron chi connectivity index (χ4n) is 2.68. The summed E-state index contributed by atoms with van der Waals surface area (Å²) < 4.78 is 3.18. The summed E-state index contributed by atoms with van der Waals surface area (Å²) in [6.45, 7) is 10.5. The van der Waals surface area contributed by atoms with Crippen molar-refractivity contribution in [3.8, 4) is 0 Å². The van der Waals surface area contributed by atoms with Crippen LogP contribution < -0.4 is 5.32 Å². The summed E-state index contributed by atoms with van der Waals surface area (Å²) in [6, 6.07) is 6.81.